The fourth-order valence-corrected chi connectivity index (χ4v) is 1.73. The standard InChI is InChI=1S/C15H14N2O4/c1-21-12-5-2-10(3-6-12)8-14(18)17-11-4-7-13(15(19)20)16-9-11/h2-7,9H,8H2,1H3,(H,17,18)(H,19,20). The molecule has 0 atom stereocenters. The zero-order chi connectivity index (χ0) is 15.2. The molecule has 0 fully saturated rings. The minimum atomic E-state index is -1.11. The Morgan fingerprint density at radius 1 is 1.19 bits per heavy atom. The Kier molecular flexibility index (Phi) is 4.50. The first kappa shape index (κ1) is 14.5. The van der Waals surface area contributed by atoms with Crippen LogP contribution in [-0.4, -0.2) is 29.1 Å². The lowest BCUT2D eigenvalue weighted by Gasteiger charge is -2.06. The number of benzene rings is 1. The molecule has 0 radical (unpaired) electrons. The number of methoxy groups -OCH3 is 1. The maximum atomic E-state index is 11.9. The summed E-state index contributed by atoms with van der Waals surface area (Å²) in [6.45, 7) is 0. The molecule has 0 unspecified atom stereocenters. The number of carboxylic acid groups (broad SMARTS) is 1. The van der Waals surface area contributed by atoms with Crippen molar-refractivity contribution in [2.75, 3.05) is 12.4 Å². The molecule has 1 amide bonds. The van der Waals surface area contributed by atoms with Crippen molar-refractivity contribution in [2.24, 2.45) is 0 Å². The minimum absolute atomic E-state index is 0.0665. The van der Waals surface area contributed by atoms with Crippen LogP contribution in [0.2, 0.25) is 0 Å². The third-order valence-electron chi connectivity index (χ3n) is 2.79. The van der Waals surface area contributed by atoms with Crippen LogP contribution in [0.4, 0.5) is 5.69 Å². The predicted molar refractivity (Wildman–Crippen MR) is 76.5 cm³/mol. The molecule has 21 heavy (non-hydrogen) atoms. The van der Waals surface area contributed by atoms with Crippen molar-refractivity contribution >= 4 is 17.6 Å². The summed E-state index contributed by atoms with van der Waals surface area (Å²) in [5, 5.41) is 11.4. The number of aromatic nitrogens is 1. The van der Waals surface area contributed by atoms with Gasteiger partial charge in [-0.15, -0.1) is 0 Å². The maximum absolute atomic E-state index is 11.9. The molecule has 0 aliphatic carbocycles. The monoisotopic (exact) mass is 286 g/mol. The number of pyridine rings is 1. The summed E-state index contributed by atoms with van der Waals surface area (Å²) in [7, 11) is 1.58. The number of aromatic carboxylic acids is 1. The van der Waals surface area contributed by atoms with Gasteiger partial charge in [-0.1, -0.05) is 12.1 Å². The number of rotatable bonds is 5. The number of nitrogens with one attached hydrogen (secondary N) is 1. The molecule has 0 bridgehead atoms. The molecule has 0 saturated carbocycles. The van der Waals surface area contributed by atoms with Crippen molar-refractivity contribution in [3.8, 4) is 5.75 Å². The second-order valence-corrected chi connectivity index (χ2v) is 4.31. The minimum Gasteiger partial charge on any atom is -0.497 e. The Bertz CT molecular complexity index is 636. The number of ether oxygens (including phenoxy) is 1. The van der Waals surface area contributed by atoms with Crippen molar-refractivity contribution in [1.29, 1.82) is 0 Å². The summed E-state index contributed by atoms with van der Waals surface area (Å²) < 4.78 is 5.04. The van der Waals surface area contributed by atoms with Gasteiger partial charge in [0.15, 0.2) is 0 Å². The van der Waals surface area contributed by atoms with Crippen molar-refractivity contribution in [3.63, 3.8) is 0 Å². The molecule has 2 aromatic rings. The Labute approximate surface area is 121 Å². The van der Waals surface area contributed by atoms with Crippen LogP contribution in [-0.2, 0) is 11.2 Å². The normalized spacial score (nSPS) is 9.95. The van der Waals surface area contributed by atoms with E-state index in [-0.39, 0.29) is 18.0 Å². The highest BCUT2D eigenvalue weighted by molar-refractivity contribution is 5.92. The lowest BCUT2D eigenvalue weighted by molar-refractivity contribution is -0.115. The molecule has 108 valence electrons. The van der Waals surface area contributed by atoms with Gasteiger partial charge in [0.1, 0.15) is 11.4 Å². The van der Waals surface area contributed by atoms with Gasteiger partial charge < -0.3 is 15.2 Å². The van der Waals surface area contributed by atoms with Crippen molar-refractivity contribution in [1.82, 2.24) is 4.98 Å². The topological polar surface area (TPSA) is 88.5 Å². The van der Waals surface area contributed by atoms with Gasteiger partial charge in [-0.3, -0.25) is 4.79 Å². The summed E-state index contributed by atoms with van der Waals surface area (Å²) in [5.74, 6) is -0.580. The molecule has 1 heterocycles. The van der Waals surface area contributed by atoms with Crippen LogP contribution in [0.5, 0.6) is 5.75 Å². The molecule has 0 aliphatic heterocycles. The second-order valence-electron chi connectivity index (χ2n) is 4.31. The van der Waals surface area contributed by atoms with E-state index in [9.17, 15) is 9.59 Å². The summed E-state index contributed by atoms with van der Waals surface area (Å²) in [6, 6.07) is 10.0. The maximum Gasteiger partial charge on any atom is 0.354 e. The highest BCUT2D eigenvalue weighted by Crippen LogP contribution is 2.13. The molecule has 6 nitrogen and oxygen atoms in total. The van der Waals surface area contributed by atoms with Gasteiger partial charge in [0.2, 0.25) is 5.91 Å². The number of carboxylic acids is 1. The zero-order valence-electron chi connectivity index (χ0n) is 11.4. The zero-order valence-corrected chi connectivity index (χ0v) is 11.4. The van der Waals surface area contributed by atoms with E-state index in [4.69, 9.17) is 9.84 Å². The first-order valence-corrected chi connectivity index (χ1v) is 6.20. The number of amides is 1. The molecule has 1 aromatic heterocycles. The molecular weight excluding hydrogens is 272 g/mol. The number of hydrogen-bond donors (Lipinski definition) is 2. The van der Waals surface area contributed by atoms with Crippen molar-refractivity contribution < 1.29 is 19.4 Å². The van der Waals surface area contributed by atoms with Gasteiger partial charge in [0, 0.05) is 0 Å². The largest absolute Gasteiger partial charge is 0.497 e. The van der Waals surface area contributed by atoms with Gasteiger partial charge in [0.25, 0.3) is 0 Å². The summed E-state index contributed by atoms with van der Waals surface area (Å²) >= 11 is 0. The Morgan fingerprint density at radius 2 is 1.90 bits per heavy atom. The number of hydrogen-bond acceptors (Lipinski definition) is 4. The van der Waals surface area contributed by atoms with E-state index < -0.39 is 5.97 Å². The number of nitrogens with zero attached hydrogens (tertiary/aromatic N) is 1. The molecule has 0 spiro atoms. The summed E-state index contributed by atoms with van der Waals surface area (Å²) in [4.78, 5) is 26.3. The van der Waals surface area contributed by atoms with E-state index in [2.05, 4.69) is 10.3 Å². The van der Waals surface area contributed by atoms with E-state index in [0.717, 1.165) is 11.3 Å². The van der Waals surface area contributed by atoms with Crippen LogP contribution < -0.4 is 10.1 Å². The van der Waals surface area contributed by atoms with Crippen LogP contribution >= 0.6 is 0 Å². The Morgan fingerprint density at radius 3 is 2.43 bits per heavy atom. The molecule has 6 heteroatoms. The number of carbonyl (C=O) groups is 2. The molecule has 0 saturated heterocycles. The lowest BCUT2D eigenvalue weighted by Crippen LogP contribution is -2.14. The predicted octanol–water partition coefficient (Wildman–Crippen LogP) is 1.97. The van der Waals surface area contributed by atoms with E-state index in [1.54, 1.807) is 19.2 Å². The van der Waals surface area contributed by atoms with Crippen molar-refractivity contribution in [3.05, 3.63) is 53.9 Å². The summed E-state index contributed by atoms with van der Waals surface area (Å²) in [6.07, 6.45) is 1.53. The van der Waals surface area contributed by atoms with Crippen LogP contribution in [0.25, 0.3) is 0 Å². The average molecular weight is 286 g/mol. The van der Waals surface area contributed by atoms with E-state index in [0.29, 0.717) is 5.69 Å². The SMILES string of the molecule is COc1ccc(CC(=O)Nc2ccc(C(=O)O)nc2)cc1. The molecule has 2 N–H and O–H groups in total. The van der Waals surface area contributed by atoms with Crippen LogP contribution in [0.15, 0.2) is 42.6 Å². The summed E-state index contributed by atoms with van der Waals surface area (Å²) in [5.41, 5.74) is 1.24. The highest BCUT2D eigenvalue weighted by atomic mass is 16.5. The third-order valence-corrected chi connectivity index (χ3v) is 2.79. The number of carbonyl (C=O) groups excluding carboxylic acids is 1. The number of anilines is 1. The van der Waals surface area contributed by atoms with E-state index in [1.807, 2.05) is 12.1 Å². The highest BCUT2D eigenvalue weighted by Gasteiger charge is 2.07. The Balaban J connectivity index is 1.95. The fourth-order valence-electron chi connectivity index (χ4n) is 1.73. The molecule has 1 aromatic carbocycles. The molecule has 0 aliphatic rings. The van der Waals surface area contributed by atoms with Gasteiger partial charge >= 0.3 is 5.97 Å². The smallest absolute Gasteiger partial charge is 0.354 e. The van der Waals surface area contributed by atoms with E-state index in [1.165, 1.54) is 18.3 Å². The van der Waals surface area contributed by atoms with Gasteiger partial charge in [-0.25, -0.2) is 9.78 Å². The van der Waals surface area contributed by atoms with E-state index >= 15 is 0 Å². The Hall–Kier alpha value is -2.89. The van der Waals surface area contributed by atoms with Crippen LogP contribution in [0.3, 0.4) is 0 Å². The van der Waals surface area contributed by atoms with Gasteiger partial charge in [-0.05, 0) is 29.8 Å². The fraction of sp³-hybridized carbons (Fsp3) is 0.133. The van der Waals surface area contributed by atoms with Crippen LogP contribution in [0, 0.1) is 0 Å². The second kappa shape index (κ2) is 6.51. The quantitative estimate of drug-likeness (QED) is 0.877. The van der Waals surface area contributed by atoms with Crippen LogP contribution in [0.1, 0.15) is 16.1 Å². The van der Waals surface area contributed by atoms with Gasteiger partial charge in [0.05, 0.1) is 25.4 Å². The third kappa shape index (κ3) is 4.04. The first-order chi connectivity index (χ1) is 10.1. The average Bonchev–Trinajstić information content (AvgIpc) is 2.48. The van der Waals surface area contributed by atoms with Gasteiger partial charge in [-0.2, -0.15) is 0 Å². The molecular formula is C15H14N2O4. The molecule has 2 rings (SSSR count). The first-order valence-electron chi connectivity index (χ1n) is 6.20. The van der Waals surface area contributed by atoms with Crippen molar-refractivity contribution in [2.45, 2.75) is 6.42 Å². The lowest BCUT2D eigenvalue weighted by atomic mass is 10.1.